The second-order valence-corrected chi connectivity index (χ2v) is 7.79. The molecule has 2 fully saturated rings. The molecule has 1 saturated heterocycles. The lowest BCUT2D eigenvalue weighted by atomic mass is 9.85. The fourth-order valence-electron chi connectivity index (χ4n) is 4.37. The van der Waals surface area contributed by atoms with Crippen molar-refractivity contribution in [1.82, 2.24) is 10.2 Å². The molecule has 0 spiro atoms. The van der Waals surface area contributed by atoms with E-state index in [9.17, 15) is 14.4 Å². The molecule has 1 saturated carbocycles. The SMILES string of the molecule is Cc1cccc(NC(=O)C[C@H]2C(=O)N[C@@H]3CCCC[C@@H]3N2C(=O)c2ccco2)c1. The van der Waals surface area contributed by atoms with E-state index in [1.54, 1.807) is 23.1 Å². The largest absolute Gasteiger partial charge is 0.459 e. The molecule has 1 aliphatic heterocycles. The summed E-state index contributed by atoms with van der Waals surface area (Å²) in [5, 5.41) is 5.87. The number of nitrogens with one attached hydrogen (secondary N) is 2. The van der Waals surface area contributed by atoms with Gasteiger partial charge in [-0.05, 0) is 49.6 Å². The number of nitrogens with zero attached hydrogens (tertiary/aromatic N) is 1. The van der Waals surface area contributed by atoms with Gasteiger partial charge in [0.2, 0.25) is 11.8 Å². The first kappa shape index (κ1) is 19.2. The Morgan fingerprint density at radius 3 is 2.79 bits per heavy atom. The summed E-state index contributed by atoms with van der Waals surface area (Å²) >= 11 is 0. The molecule has 3 amide bonds. The lowest BCUT2D eigenvalue weighted by Gasteiger charge is -2.47. The molecule has 3 atom stereocenters. The van der Waals surface area contributed by atoms with Gasteiger partial charge < -0.3 is 20.0 Å². The zero-order chi connectivity index (χ0) is 20.4. The second-order valence-electron chi connectivity index (χ2n) is 7.79. The fourth-order valence-corrected chi connectivity index (χ4v) is 4.37. The smallest absolute Gasteiger partial charge is 0.290 e. The third kappa shape index (κ3) is 4.04. The highest BCUT2D eigenvalue weighted by molar-refractivity contribution is 6.00. The molecule has 2 heterocycles. The number of rotatable bonds is 4. The van der Waals surface area contributed by atoms with Crippen molar-refractivity contribution in [2.45, 2.75) is 57.2 Å². The molecule has 2 aromatic rings. The Balaban J connectivity index is 1.57. The second kappa shape index (κ2) is 8.11. The molecule has 152 valence electrons. The Morgan fingerprint density at radius 2 is 2.03 bits per heavy atom. The number of aryl methyl sites for hydroxylation is 1. The van der Waals surface area contributed by atoms with Gasteiger partial charge in [-0.25, -0.2) is 0 Å². The van der Waals surface area contributed by atoms with Crippen molar-refractivity contribution < 1.29 is 18.8 Å². The van der Waals surface area contributed by atoms with Gasteiger partial charge in [-0.3, -0.25) is 14.4 Å². The first-order valence-electron chi connectivity index (χ1n) is 10.1. The van der Waals surface area contributed by atoms with E-state index in [1.807, 2.05) is 25.1 Å². The summed E-state index contributed by atoms with van der Waals surface area (Å²) in [6.45, 7) is 1.94. The Morgan fingerprint density at radius 1 is 1.21 bits per heavy atom. The van der Waals surface area contributed by atoms with Crippen molar-refractivity contribution in [1.29, 1.82) is 0 Å². The van der Waals surface area contributed by atoms with Crippen molar-refractivity contribution in [3.63, 3.8) is 0 Å². The number of carbonyl (C=O) groups is 3. The maximum absolute atomic E-state index is 13.2. The number of anilines is 1. The van der Waals surface area contributed by atoms with Crippen LogP contribution in [0.3, 0.4) is 0 Å². The van der Waals surface area contributed by atoms with E-state index in [4.69, 9.17) is 4.42 Å². The van der Waals surface area contributed by atoms with Gasteiger partial charge in [0.05, 0.1) is 18.7 Å². The van der Waals surface area contributed by atoms with E-state index in [-0.39, 0.29) is 42.0 Å². The number of amides is 3. The number of carbonyl (C=O) groups excluding carboxylic acids is 3. The first-order chi connectivity index (χ1) is 14.0. The number of fused-ring (bicyclic) bond motifs is 1. The molecule has 2 aliphatic rings. The number of furan rings is 1. The highest BCUT2D eigenvalue weighted by Gasteiger charge is 2.46. The minimum absolute atomic E-state index is 0.0775. The van der Waals surface area contributed by atoms with Crippen LogP contribution in [0.25, 0.3) is 0 Å². The summed E-state index contributed by atoms with van der Waals surface area (Å²) in [6.07, 6.45) is 4.97. The highest BCUT2D eigenvalue weighted by atomic mass is 16.3. The van der Waals surface area contributed by atoms with Gasteiger partial charge in [-0.15, -0.1) is 0 Å². The number of hydrogen-bond acceptors (Lipinski definition) is 4. The average molecular weight is 395 g/mol. The molecule has 4 rings (SSSR count). The van der Waals surface area contributed by atoms with Crippen LogP contribution in [0.15, 0.2) is 47.1 Å². The van der Waals surface area contributed by atoms with Gasteiger partial charge in [-0.2, -0.15) is 0 Å². The minimum Gasteiger partial charge on any atom is -0.459 e. The van der Waals surface area contributed by atoms with Crippen LogP contribution in [0.4, 0.5) is 5.69 Å². The van der Waals surface area contributed by atoms with E-state index >= 15 is 0 Å². The van der Waals surface area contributed by atoms with E-state index in [0.29, 0.717) is 5.69 Å². The summed E-state index contributed by atoms with van der Waals surface area (Å²) < 4.78 is 5.30. The molecule has 0 bridgehead atoms. The topological polar surface area (TPSA) is 91.7 Å². The summed E-state index contributed by atoms with van der Waals surface area (Å²) in [5.41, 5.74) is 1.70. The van der Waals surface area contributed by atoms with Crippen molar-refractivity contribution in [2.75, 3.05) is 5.32 Å². The van der Waals surface area contributed by atoms with Crippen LogP contribution >= 0.6 is 0 Å². The molecular formula is C22H25N3O4. The van der Waals surface area contributed by atoms with Crippen LogP contribution < -0.4 is 10.6 Å². The molecule has 7 nitrogen and oxygen atoms in total. The van der Waals surface area contributed by atoms with E-state index in [1.165, 1.54) is 6.26 Å². The molecule has 0 radical (unpaired) electrons. The van der Waals surface area contributed by atoms with Crippen LogP contribution in [-0.2, 0) is 9.59 Å². The van der Waals surface area contributed by atoms with Gasteiger partial charge in [-0.1, -0.05) is 25.0 Å². The van der Waals surface area contributed by atoms with Gasteiger partial charge in [0.25, 0.3) is 5.91 Å². The Bertz CT molecular complexity index is 909. The Hall–Kier alpha value is -3.09. The van der Waals surface area contributed by atoms with Crippen molar-refractivity contribution in [3.05, 3.63) is 54.0 Å². The first-order valence-corrected chi connectivity index (χ1v) is 10.1. The maximum Gasteiger partial charge on any atom is 0.290 e. The lowest BCUT2D eigenvalue weighted by molar-refractivity contribution is -0.135. The van der Waals surface area contributed by atoms with Gasteiger partial charge in [0.15, 0.2) is 5.76 Å². The number of hydrogen-bond donors (Lipinski definition) is 2. The van der Waals surface area contributed by atoms with Gasteiger partial charge in [0, 0.05) is 11.7 Å². The normalized spacial score (nSPS) is 23.8. The molecule has 0 unspecified atom stereocenters. The standard InChI is InChI=1S/C22H25N3O4/c1-14-6-4-7-15(12-14)23-20(26)13-18-21(27)24-16-8-2-3-9-17(16)25(18)22(28)19-10-5-11-29-19/h4-7,10-12,16-18H,2-3,8-9,13H2,1H3,(H,23,26)(H,24,27)/t16-,17+,18+/m1/s1. The zero-order valence-electron chi connectivity index (χ0n) is 16.4. The van der Waals surface area contributed by atoms with E-state index in [0.717, 1.165) is 31.2 Å². The molecule has 1 aromatic carbocycles. The molecule has 1 aliphatic carbocycles. The zero-order valence-corrected chi connectivity index (χ0v) is 16.4. The van der Waals surface area contributed by atoms with Crippen molar-refractivity contribution in [2.24, 2.45) is 0 Å². The van der Waals surface area contributed by atoms with E-state index in [2.05, 4.69) is 10.6 Å². The predicted molar refractivity (Wildman–Crippen MR) is 107 cm³/mol. The van der Waals surface area contributed by atoms with Gasteiger partial charge >= 0.3 is 0 Å². The maximum atomic E-state index is 13.2. The van der Waals surface area contributed by atoms with Crippen LogP contribution in [0.2, 0.25) is 0 Å². The van der Waals surface area contributed by atoms with Crippen molar-refractivity contribution in [3.8, 4) is 0 Å². The van der Waals surface area contributed by atoms with Crippen molar-refractivity contribution >= 4 is 23.4 Å². The monoisotopic (exact) mass is 395 g/mol. The van der Waals surface area contributed by atoms with Crippen LogP contribution in [-0.4, -0.2) is 40.7 Å². The highest BCUT2D eigenvalue weighted by Crippen LogP contribution is 2.31. The van der Waals surface area contributed by atoms with Crippen LogP contribution in [0.1, 0.15) is 48.2 Å². The molecule has 1 aromatic heterocycles. The number of benzene rings is 1. The Kier molecular flexibility index (Phi) is 5.38. The van der Waals surface area contributed by atoms with E-state index < -0.39 is 6.04 Å². The quantitative estimate of drug-likeness (QED) is 0.833. The molecular weight excluding hydrogens is 370 g/mol. The lowest BCUT2D eigenvalue weighted by Crippen LogP contribution is -2.68. The van der Waals surface area contributed by atoms with Gasteiger partial charge in [0.1, 0.15) is 6.04 Å². The third-order valence-electron chi connectivity index (χ3n) is 5.70. The predicted octanol–water partition coefficient (Wildman–Crippen LogP) is 2.87. The molecule has 29 heavy (non-hydrogen) atoms. The summed E-state index contributed by atoms with van der Waals surface area (Å²) in [4.78, 5) is 40.3. The fraction of sp³-hybridized carbons (Fsp3) is 0.409. The van der Waals surface area contributed by atoms with Crippen LogP contribution in [0, 0.1) is 6.92 Å². The van der Waals surface area contributed by atoms with Crippen LogP contribution in [0.5, 0.6) is 0 Å². The third-order valence-corrected chi connectivity index (χ3v) is 5.70. The average Bonchev–Trinajstić information content (AvgIpc) is 3.23. The molecule has 2 N–H and O–H groups in total. The summed E-state index contributed by atoms with van der Waals surface area (Å²) in [5.74, 6) is -0.738. The Labute approximate surface area is 169 Å². The number of piperazine rings is 1. The molecule has 7 heteroatoms. The summed E-state index contributed by atoms with van der Waals surface area (Å²) in [6, 6.07) is 9.63. The minimum atomic E-state index is -0.864. The summed E-state index contributed by atoms with van der Waals surface area (Å²) in [7, 11) is 0.